The summed E-state index contributed by atoms with van der Waals surface area (Å²) in [5.74, 6) is 1.33. The molecule has 1 aliphatic heterocycles. The minimum atomic E-state index is -0.414. The van der Waals surface area contributed by atoms with Crippen molar-refractivity contribution in [3.05, 3.63) is 32.8 Å². The summed E-state index contributed by atoms with van der Waals surface area (Å²) in [6.45, 7) is 2.82. The summed E-state index contributed by atoms with van der Waals surface area (Å²) in [6, 6.07) is 4.57. The first-order chi connectivity index (χ1) is 9.16. The van der Waals surface area contributed by atoms with Gasteiger partial charge in [-0.05, 0) is 60.3 Å². The molecule has 1 fully saturated rings. The van der Waals surface area contributed by atoms with Gasteiger partial charge in [-0.3, -0.25) is 10.1 Å². The van der Waals surface area contributed by atoms with Gasteiger partial charge in [0.05, 0.1) is 16.0 Å². The second-order valence-corrected chi connectivity index (χ2v) is 5.58. The van der Waals surface area contributed by atoms with Gasteiger partial charge in [0.1, 0.15) is 5.75 Å². The molecule has 0 radical (unpaired) electrons. The second kappa shape index (κ2) is 6.86. The Morgan fingerprint density at radius 3 is 3.00 bits per heavy atom. The van der Waals surface area contributed by atoms with Crippen molar-refractivity contribution in [1.82, 2.24) is 5.32 Å². The molecule has 1 heterocycles. The highest BCUT2D eigenvalue weighted by Gasteiger charge is 2.14. The first kappa shape index (κ1) is 14.3. The zero-order valence-electron chi connectivity index (χ0n) is 10.6. The van der Waals surface area contributed by atoms with E-state index >= 15 is 0 Å². The first-order valence-corrected chi connectivity index (χ1v) is 7.23. The van der Waals surface area contributed by atoms with Crippen molar-refractivity contribution in [3.8, 4) is 5.75 Å². The van der Waals surface area contributed by atoms with Crippen LogP contribution in [-0.4, -0.2) is 24.6 Å². The maximum absolute atomic E-state index is 10.6. The van der Waals surface area contributed by atoms with Gasteiger partial charge in [-0.15, -0.1) is 0 Å². The maximum Gasteiger partial charge on any atom is 0.270 e. The van der Waals surface area contributed by atoms with E-state index < -0.39 is 4.92 Å². The number of piperidine rings is 1. The van der Waals surface area contributed by atoms with Crippen LogP contribution in [0, 0.1) is 16.0 Å². The van der Waals surface area contributed by atoms with E-state index in [0.29, 0.717) is 22.7 Å². The van der Waals surface area contributed by atoms with Gasteiger partial charge in [0.25, 0.3) is 5.69 Å². The molecule has 0 aromatic heterocycles. The van der Waals surface area contributed by atoms with Crippen LogP contribution in [0.25, 0.3) is 0 Å². The molecule has 1 saturated heterocycles. The standard InChI is InChI=1S/C13H17BrN2O3/c14-12-8-11(16(17)18)3-4-13(12)19-7-5-10-2-1-6-15-9-10/h3-4,8,10,15H,1-2,5-7,9H2. The van der Waals surface area contributed by atoms with E-state index in [4.69, 9.17) is 4.74 Å². The van der Waals surface area contributed by atoms with E-state index in [1.54, 1.807) is 6.07 Å². The molecule has 0 bridgehead atoms. The Kier molecular flexibility index (Phi) is 5.15. The average Bonchev–Trinajstić information content (AvgIpc) is 2.41. The summed E-state index contributed by atoms with van der Waals surface area (Å²) >= 11 is 3.30. The van der Waals surface area contributed by atoms with Crippen LogP contribution in [0.2, 0.25) is 0 Å². The number of nitrogens with one attached hydrogen (secondary N) is 1. The molecule has 1 aromatic carbocycles. The zero-order valence-corrected chi connectivity index (χ0v) is 12.2. The fourth-order valence-electron chi connectivity index (χ4n) is 2.23. The molecule has 1 N–H and O–H groups in total. The summed E-state index contributed by atoms with van der Waals surface area (Å²) in [6.07, 6.45) is 3.49. The number of hydrogen-bond acceptors (Lipinski definition) is 4. The Labute approximate surface area is 120 Å². The fourth-order valence-corrected chi connectivity index (χ4v) is 2.71. The number of hydrogen-bond donors (Lipinski definition) is 1. The lowest BCUT2D eigenvalue weighted by Gasteiger charge is -2.22. The second-order valence-electron chi connectivity index (χ2n) is 4.72. The summed E-state index contributed by atoms with van der Waals surface area (Å²) in [5.41, 5.74) is 0.0655. The average molecular weight is 329 g/mol. The van der Waals surface area contributed by atoms with Crippen molar-refractivity contribution < 1.29 is 9.66 Å². The SMILES string of the molecule is O=[N+]([O-])c1ccc(OCCC2CCCNC2)c(Br)c1. The molecule has 1 aromatic rings. The summed E-state index contributed by atoms with van der Waals surface area (Å²) in [5, 5.41) is 14.0. The molecule has 1 unspecified atom stereocenters. The van der Waals surface area contributed by atoms with Crippen LogP contribution in [0.15, 0.2) is 22.7 Å². The quantitative estimate of drug-likeness (QED) is 0.666. The third-order valence-corrected chi connectivity index (χ3v) is 3.93. The van der Waals surface area contributed by atoms with Crippen LogP contribution in [0.1, 0.15) is 19.3 Å². The van der Waals surface area contributed by atoms with Gasteiger partial charge in [-0.1, -0.05) is 0 Å². The van der Waals surface area contributed by atoms with Crippen molar-refractivity contribution in [3.63, 3.8) is 0 Å². The van der Waals surface area contributed by atoms with E-state index in [2.05, 4.69) is 21.2 Å². The van der Waals surface area contributed by atoms with Gasteiger partial charge in [0.15, 0.2) is 0 Å². The normalized spacial score (nSPS) is 19.1. The number of halogens is 1. The van der Waals surface area contributed by atoms with E-state index in [1.165, 1.54) is 25.0 Å². The lowest BCUT2D eigenvalue weighted by atomic mass is 9.97. The van der Waals surface area contributed by atoms with Crippen molar-refractivity contribution in [2.24, 2.45) is 5.92 Å². The molecule has 6 heteroatoms. The van der Waals surface area contributed by atoms with Gasteiger partial charge in [0, 0.05) is 12.1 Å². The molecular formula is C13H17BrN2O3. The third kappa shape index (κ3) is 4.18. The van der Waals surface area contributed by atoms with Gasteiger partial charge < -0.3 is 10.1 Å². The minimum absolute atomic E-state index is 0.0655. The van der Waals surface area contributed by atoms with Crippen molar-refractivity contribution in [1.29, 1.82) is 0 Å². The molecule has 0 amide bonds. The number of ether oxygens (including phenoxy) is 1. The van der Waals surface area contributed by atoms with Gasteiger partial charge >= 0.3 is 0 Å². The molecule has 1 atom stereocenters. The van der Waals surface area contributed by atoms with Crippen LogP contribution in [-0.2, 0) is 0 Å². The highest BCUT2D eigenvalue weighted by Crippen LogP contribution is 2.29. The van der Waals surface area contributed by atoms with E-state index in [1.807, 2.05) is 0 Å². The number of nitrogens with zero attached hydrogens (tertiary/aromatic N) is 1. The van der Waals surface area contributed by atoms with E-state index in [0.717, 1.165) is 19.5 Å². The number of benzene rings is 1. The lowest BCUT2D eigenvalue weighted by Crippen LogP contribution is -2.30. The molecule has 5 nitrogen and oxygen atoms in total. The Morgan fingerprint density at radius 1 is 1.53 bits per heavy atom. The van der Waals surface area contributed by atoms with Crippen molar-refractivity contribution in [2.75, 3.05) is 19.7 Å². The van der Waals surface area contributed by atoms with Gasteiger partial charge in [-0.2, -0.15) is 0 Å². The van der Waals surface area contributed by atoms with Crippen LogP contribution in [0.4, 0.5) is 5.69 Å². The summed E-state index contributed by atoms with van der Waals surface area (Å²) < 4.78 is 6.31. The highest BCUT2D eigenvalue weighted by molar-refractivity contribution is 9.10. The smallest absolute Gasteiger partial charge is 0.270 e. The molecule has 19 heavy (non-hydrogen) atoms. The predicted molar refractivity (Wildman–Crippen MR) is 76.5 cm³/mol. The van der Waals surface area contributed by atoms with Gasteiger partial charge in [0.2, 0.25) is 0 Å². The summed E-state index contributed by atoms with van der Waals surface area (Å²) in [7, 11) is 0. The predicted octanol–water partition coefficient (Wildman–Crippen LogP) is 3.13. The van der Waals surface area contributed by atoms with Crippen LogP contribution in [0.5, 0.6) is 5.75 Å². The van der Waals surface area contributed by atoms with Crippen LogP contribution >= 0.6 is 15.9 Å². The molecule has 0 saturated carbocycles. The number of nitro groups is 1. The Bertz CT molecular complexity index is 448. The molecular weight excluding hydrogens is 312 g/mol. The monoisotopic (exact) mass is 328 g/mol. The van der Waals surface area contributed by atoms with Crippen molar-refractivity contribution >= 4 is 21.6 Å². The largest absolute Gasteiger partial charge is 0.492 e. The highest BCUT2D eigenvalue weighted by atomic mass is 79.9. The Hall–Kier alpha value is -1.14. The minimum Gasteiger partial charge on any atom is -0.492 e. The third-order valence-electron chi connectivity index (χ3n) is 3.31. The number of rotatable bonds is 5. The topological polar surface area (TPSA) is 64.4 Å². The lowest BCUT2D eigenvalue weighted by molar-refractivity contribution is -0.385. The molecule has 0 aliphatic carbocycles. The maximum atomic E-state index is 10.6. The Morgan fingerprint density at radius 2 is 2.37 bits per heavy atom. The fraction of sp³-hybridized carbons (Fsp3) is 0.538. The Balaban J connectivity index is 1.83. The first-order valence-electron chi connectivity index (χ1n) is 6.44. The zero-order chi connectivity index (χ0) is 13.7. The van der Waals surface area contributed by atoms with Crippen LogP contribution in [0.3, 0.4) is 0 Å². The molecule has 2 rings (SSSR count). The number of nitro benzene ring substituents is 1. The van der Waals surface area contributed by atoms with Crippen molar-refractivity contribution in [2.45, 2.75) is 19.3 Å². The molecule has 1 aliphatic rings. The number of non-ortho nitro benzene ring substituents is 1. The van der Waals surface area contributed by atoms with E-state index in [-0.39, 0.29) is 5.69 Å². The molecule has 104 valence electrons. The van der Waals surface area contributed by atoms with Gasteiger partial charge in [-0.25, -0.2) is 0 Å². The molecule has 0 spiro atoms. The summed E-state index contributed by atoms with van der Waals surface area (Å²) in [4.78, 5) is 10.2. The van der Waals surface area contributed by atoms with E-state index in [9.17, 15) is 10.1 Å². The van der Waals surface area contributed by atoms with Crippen LogP contribution < -0.4 is 10.1 Å².